The third kappa shape index (κ3) is 4.89. The number of aliphatic carboxylic acids is 1. The van der Waals surface area contributed by atoms with Crippen LogP contribution in [0.25, 0.3) is 5.69 Å². The molecule has 1 saturated heterocycles. The van der Waals surface area contributed by atoms with Crippen LogP contribution in [0.1, 0.15) is 16.1 Å². The van der Waals surface area contributed by atoms with Crippen molar-refractivity contribution in [3.63, 3.8) is 0 Å². The number of carboxylic acid groups (broad SMARTS) is 1. The SMILES string of the molecule is Cc1cccc(-n2cc(C(=O)N3CCOC(CN(C)CC(=O)O)C3)nn2)c1. The van der Waals surface area contributed by atoms with Crippen molar-refractivity contribution in [2.45, 2.75) is 13.0 Å². The molecule has 0 spiro atoms. The van der Waals surface area contributed by atoms with E-state index in [2.05, 4.69) is 10.3 Å². The summed E-state index contributed by atoms with van der Waals surface area (Å²) in [4.78, 5) is 26.9. The molecule has 1 atom stereocenters. The Kier molecular flexibility index (Phi) is 5.82. The van der Waals surface area contributed by atoms with E-state index in [1.54, 1.807) is 27.7 Å². The molecule has 0 aliphatic carbocycles. The van der Waals surface area contributed by atoms with Gasteiger partial charge in [-0.05, 0) is 31.7 Å². The molecule has 1 N–H and O–H groups in total. The molecule has 0 radical (unpaired) electrons. The molecular formula is C18H23N5O4. The van der Waals surface area contributed by atoms with Gasteiger partial charge in [-0.2, -0.15) is 0 Å². The van der Waals surface area contributed by atoms with Crippen LogP contribution in [0, 0.1) is 6.92 Å². The fourth-order valence-electron chi connectivity index (χ4n) is 3.08. The van der Waals surface area contributed by atoms with Crippen LogP contribution in [0.2, 0.25) is 0 Å². The van der Waals surface area contributed by atoms with Gasteiger partial charge in [0, 0.05) is 19.6 Å². The number of nitrogens with zero attached hydrogens (tertiary/aromatic N) is 5. The molecule has 2 aromatic rings. The van der Waals surface area contributed by atoms with Gasteiger partial charge >= 0.3 is 5.97 Å². The lowest BCUT2D eigenvalue weighted by molar-refractivity contribution is -0.138. The first kappa shape index (κ1) is 19.0. The maximum absolute atomic E-state index is 12.8. The van der Waals surface area contributed by atoms with Crippen molar-refractivity contribution in [3.8, 4) is 5.69 Å². The maximum atomic E-state index is 12.8. The number of hydrogen-bond acceptors (Lipinski definition) is 6. The third-order valence-corrected chi connectivity index (χ3v) is 4.33. The molecule has 3 rings (SSSR count). The molecule has 1 aliphatic heterocycles. The molecule has 1 unspecified atom stereocenters. The number of rotatable bonds is 6. The minimum atomic E-state index is -0.894. The molecule has 0 bridgehead atoms. The molecule has 1 aromatic carbocycles. The standard InChI is InChI=1S/C18H23N5O4/c1-13-4-3-5-14(8-13)23-11-16(19-20-23)18(26)22-6-7-27-15(10-22)9-21(2)12-17(24)25/h3-5,8,11,15H,6-7,9-10,12H2,1-2H3,(H,24,25). The fraction of sp³-hybridized carbons (Fsp3) is 0.444. The zero-order chi connectivity index (χ0) is 19.4. The first-order valence-corrected chi connectivity index (χ1v) is 8.73. The average Bonchev–Trinajstić information content (AvgIpc) is 3.10. The summed E-state index contributed by atoms with van der Waals surface area (Å²) in [6, 6.07) is 7.78. The monoisotopic (exact) mass is 373 g/mol. The van der Waals surface area contributed by atoms with Crippen molar-refractivity contribution >= 4 is 11.9 Å². The van der Waals surface area contributed by atoms with Crippen LogP contribution in [0.4, 0.5) is 0 Å². The fourth-order valence-corrected chi connectivity index (χ4v) is 3.08. The van der Waals surface area contributed by atoms with Crippen molar-refractivity contribution in [2.24, 2.45) is 0 Å². The Labute approximate surface area is 157 Å². The lowest BCUT2D eigenvalue weighted by Gasteiger charge is -2.34. The second-order valence-electron chi connectivity index (χ2n) is 6.72. The van der Waals surface area contributed by atoms with Gasteiger partial charge in [0.15, 0.2) is 5.69 Å². The predicted octanol–water partition coefficient (Wildman–Crippen LogP) is 0.433. The number of aromatic nitrogens is 3. The summed E-state index contributed by atoms with van der Waals surface area (Å²) >= 11 is 0. The minimum Gasteiger partial charge on any atom is -0.480 e. The van der Waals surface area contributed by atoms with Crippen LogP contribution in [0.15, 0.2) is 30.5 Å². The Bertz CT molecular complexity index is 822. The summed E-state index contributed by atoms with van der Waals surface area (Å²) in [6.07, 6.45) is 1.39. The molecule has 1 aromatic heterocycles. The van der Waals surface area contributed by atoms with Crippen LogP contribution in [-0.2, 0) is 9.53 Å². The number of likely N-dealkylation sites (N-methyl/N-ethyl adjacent to an activating group) is 1. The maximum Gasteiger partial charge on any atom is 0.317 e. The number of morpholine rings is 1. The summed E-state index contributed by atoms with van der Waals surface area (Å²) in [5.41, 5.74) is 2.21. The van der Waals surface area contributed by atoms with Crippen LogP contribution < -0.4 is 0 Å². The molecule has 144 valence electrons. The van der Waals surface area contributed by atoms with Gasteiger partial charge in [0.05, 0.1) is 31.1 Å². The zero-order valence-electron chi connectivity index (χ0n) is 15.4. The molecular weight excluding hydrogens is 350 g/mol. The van der Waals surface area contributed by atoms with Gasteiger partial charge in [-0.1, -0.05) is 17.3 Å². The lowest BCUT2D eigenvalue weighted by atomic mass is 10.2. The smallest absolute Gasteiger partial charge is 0.317 e. The van der Waals surface area contributed by atoms with Crippen LogP contribution in [0.3, 0.4) is 0 Å². The topological polar surface area (TPSA) is 101 Å². The van der Waals surface area contributed by atoms with Crippen molar-refractivity contribution in [2.75, 3.05) is 39.8 Å². The summed E-state index contributed by atoms with van der Waals surface area (Å²) in [5, 5.41) is 16.9. The lowest BCUT2D eigenvalue weighted by Crippen LogP contribution is -2.49. The number of benzene rings is 1. The third-order valence-electron chi connectivity index (χ3n) is 4.33. The highest BCUT2D eigenvalue weighted by Gasteiger charge is 2.27. The number of carbonyl (C=O) groups excluding carboxylic acids is 1. The second kappa shape index (κ2) is 8.28. The molecule has 1 aliphatic rings. The van der Waals surface area contributed by atoms with Crippen molar-refractivity contribution in [3.05, 3.63) is 41.7 Å². The molecule has 1 amide bonds. The number of carbonyl (C=O) groups is 2. The summed E-state index contributed by atoms with van der Waals surface area (Å²) < 4.78 is 7.25. The Morgan fingerprint density at radius 1 is 1.41 bits per heavy atom. The highest BCUT2D eigenvalue weighted by Crippen LogP contribution is 2.13. The van der Waals surface area contributed by atoms with E-state index in [0.29, 0.717) is 26.2 Å². The van der Waals surface area contributed by atoms with Gasteiger partial charge < -0.3 is 14.7 Å². The Morgan fingerprint density at radius 2 is 2.22 bits per heavy atom. The predicted molar refractivity (Wildman–Crippen MR) is 96.9 cm³/mol. The van der Waals surface area contributed by atoms with E-state index in [-0.39, 0.29) is 24.2 Å². The van der Waals surface area contributed by atoms with E-state index >= 15 is 0 Å². The van der Waals surface area contributed by atoms with Crippen LogP contribution >= 0.6 is 0 Å². The Morgan fingerprint density at radius 3 is 2.96 bits per heavy atom. The highest BCUT2D eigenvalue weighted by molar-refractivity contribution is 5.92. The molecule has 2 heterocycles. The quantitative estimate of drug-likeness (QED) is 0.784. The molecule has 27 heavy (non-hydrogen) atoms. The number of hydrogen-bond donors (Lipinski definition) is 1. The van der Waals surface area contributed by atoms with E-state index in [1.165, 1.54) is 0 Å². The van der Waals surface area contributed by atoms with Gasteiger partial charge in [-0.15, -0.1) is 5.10 Å². The van der Waals surface area contributed by atoms with E-state index in [4.69, 9.17) is 9.84 Å². The van der Waals surface area contributed by atoms with Gasteiger partial charge in [0.2, 0.25) is 0 Å². The summed E-state index contributed by atoms with van der Waals surface area (Å²) in [7, 11) is 1.71. The molecule has 1 fully saturated rings. The first-order chi connectivity index (χ1) is 12.9. The average molecular weight is 373 g/mol. The van der Waals surface area contributed by atoms with Crippen molar-refractivity contribution in [1.29, 1.82) is 0 Å². The van der Waals surface area contributed by atoms with Crippen molar-refractivity contribution in [1.82, 2.24) is 24.8 Å². The molecule has 0 saturated carbocycles. The molecule has 9 nitrogen and oxygen atoms in total. The van der Waals surface area contributed by atoms with Gasteiger partial charge in [-0.25, -0.2) is 4.68 Å². The Hall–Kier alpha value is -2.78. The van der Waals surface area contributed by atoms with Gasteiger partial charge in [-0.3, -0.25) is 14.5 Å². The molecule has 9 heteroatoms. The largest absolute Gasteiger partial charge is 0.480 e. The summed E-state index contributed by atoms with van der Waals surface area (Å²) in [5.74, 6) is -1.10. The van der Waals surface area contributed by atoms with Gasteiger partial charge in [0.1, 0.15) is 0 Å². The van der Waals surface area contributed by atoms with Crippen molar-refractivity contribution < 1.29 is 19.4 Å². The van der Waals surface area contributed by atoms with E-state index in [1.807, 2.05) is 31.2 Å². The number of carboxylic acids is 1. The van der Waals surface area contributed by atoms with E-state index < -0.39 is 5.97 Å². The summed E-state index contributed by atoms with van der Waals surface area (Å²) in [6.45, 7) is 3.62. The number of aryl methyl sites for hydroxylation is 1. The highest BCUT2D eigenvalue weighted by atomic mass is 16.5. The minimum absolute atomic E-state index is 0.0708. The first-order valence-electron chi connectivity index (χ1n) is 8.73. The van der Waals surface area contributed by atoms with Gasteiger partial charge in [0.25, 0.3) is 5.91 Å². The Balaban J connectivity index is 1.64. The second-order valence-corrected chi connectivity index (χ2v) is 6.72. The normalized spacial score (nSPS) is 17.3. The van der Waals surface area contributed by atoms with Crippen LogP contribution in [0.5, 0.6) is 0 Å². The zero-order valence-corrected chi connectivity index (χ0v) is 15.4. The van der Waals surface area contributed by atoms with E-state index in [9.17, 15) is 9.59 Å². The number of ether oxygens (including phenoxy) is 1. The van der Waals surface area contributed by atoms with Crippen LogP contribution in [-0.4, -0.2) is 87.7 Å². The number of amides is 1. The van der Waals surface area contributed by atoms with E-state index in [0.717, 1.165) is 11.3 Å².